The topological polar surface area (TPSA) is 30.1 Å². The first-order valence-electron chi connectivity index (χ1n) is 16.7. The third-order valence-electron chi connectivity index (χ3n) is 11.0. The van der Waals surface area contributed by atoms with Gasteiger partial charge < -0.3 is 9.73 Å². The molecule has 3 aliphatic rings. The number of nitrogens with one attached hydrogen (secondary N) is 1. The van der Waals surface area contributed by atoms with Gasteiger partial charge in [0.05, 0.1) is 22.7 Å². The molecule has 0 amide bonds. The van der Waals surface area contributed by atoms with Gasteiger partial charge in [0, 0.05) is 22.7 Å². The summed E-state index contributed by atoms with van der Waals surface area (Å²) in [5.41, 5.74) is 17.1. The lowest BCUT2D eigenvalue weighted by Crippen LogP contribution is -2.25. The fraction of sp³-hybridized carbons (Fsp3) is 0.0667. The van der Waals surface area contributed by atoms with E-state index in [1.807, 2.05) is 0 Å². The summed E-state index contributed by atoms with van der Waals surface area (Å²) >= 11 is 0. The fourth-order valence-corrected chi connectivity index (χ4v) is 9.03. The van der Waals surface area contributed by atoms with Crippen molar-refractivity contribution < 1.29 is 4.42 Å². The molecule has 0 fully saturated rings. The first-order valence-corrected chi connectivity index (χ1v) is 16.7. The molecule has 3 nitrogen and oxygen atoms in total. The quantitative estimate of drug-likeness (QED) is 0.210. The van der Waals surface area contributed by atoms with E-state index in [0.717, 1.165) is 23.3 Å². The van der Waals surface area contributed by atoms with Crippen LogP contribution >= 0.6 is 0 Å². The van der Waals surface area contributed by atoms with Gasteiger partial charge in [0.15, 0.2) is 0 Å². The van der Waals surface area contributed by atoms with Gasteiger partial charge in [-0.25, -0.2) is 0 Å². The number of aromatic nitrogens is 1. The third-order valence-corrected chi connectivity index (χ3v) is 11.0. The molecular weight excluding hydrogens is 585 g/mol. The Bertz CT molecular complexity index is 2700. The van der Waals surface area contributed by atoms with Crippen LogP contribution in [0, 0.1) is 0 Å². The number of dihydropyridines is 1. The van der Waals surface area contributed by atoms with Crippen LogP contribution in [0.1, 0.15) is 29.2 Å². The van der Waals surface area contributed by atoms with Crippen molar-refractivity contribution in [2.24, 2.45) is 0 Å². The van der Waals surface area contributed by atoms with Gasteiger partial charge in [-0.1, -0.05) is 103 Å². The van der Waals surface area contributed by atoms with E-state index in [0.29, 0.717) is 0 Å². The highest BCUT2D eigenvalue weighted by Gasteiger charge is 2.51. The molecule has 48 heavy (non-hydrogen) atoms. The average Bonchev–Trinajstić information content (AvgIpc) is 3.88. The molecule has 3 heterocycles. The lowest BCUT2D eigenvalue weighted by atomic mass is 9.70. The summed E-state index contributed by atoms with van der Waals surface area (Å²) in [4.78, 5) is 0. The molecule has 0 saturated heterocycles. The molecule has 2 aromatic heterocycles. The van der Waals surface area contributed by atoms with Crippen molar-refractivity contribution in [2.75, 3.05) is 6.54 Å². The Balaban J connectivity index is 1.20. The predicted octanol–water partition coefficient (Wildman–Crippen LogP) is 10.9. The number of furan rings is 1. The van der Waals surface area contributed by atoms with Crippen molar-refractivity contribution in [1.82, 2.24) is 9.88 Å². The molecule has 11 rings (SSSR count). The van der Waals surface area contributed by atoms with Crippen LogP contribution in [0.2, 0.25) is 0 Å². The summed E-state index contributed by atoms with van der Waals surface area (Å²) in [6, 6.07) is 47.6. The number of nitrogens with zero attached hydrogens (tertiary/aromatic N) is 1. The van der Waals surface area contributed by atoms with E-state index >= 15 is 0 Å². The van der Waals surface area contributed by atoms with E-state index in [9.17, 15) is 0 Å². The van der Waals surface area contributed by atoms with Crippen LogP contribution < -0.4 is 5.32 Å². The summed E-state index contributed by atoms with van der Waals surface area (Å²) < 4.78 is 8.37. The molecule has 8 aromatic rings. The number of fused-ring (bicyclic) bond motifs is 14. The monoisotopic (exact) mass is 614 g/mol. The van der Waals surface area contributed by atoms with Gasteiger partial charge >= 0.3 is 0 Å². The van der Waals surface area contributed by atoms with Crippen LogP contribution in [0.3, 0.4) is 0 Å². The van der Waals surface area contributed by atoms with Crippen molar-refractivity contribution in [3.63, 3.8) is 0 Å². The number of hydrogen-bond donors (Lipinski definition) is 1. The number of allylic oxidation sites excluding steroid dienone is 2. The Morgan fingerprint density at radius 3 is 2.12 bits per heavy atom. The van der Waals surface area contributed by atoms with Gasteiger partial charge in [-0.05, 0) is 105 Å². The third kappa shape index (κ3) is 3.18. The van der Waals surface area contributed by atoms with Crippen molar-refractivity contribution in [2.45, 2.75) is 12.3 Å². The molecule has 1 spiro atoms. The summed E-state index contributed by atoms with van der Waals surface area (Å²) in [7, 11) is 0. The van der Waals surface area contributed by atoms with E-state index in [-0.39, 0.29) is 0 Å². The number of benzene rings is 6. The van der Waals surface area contributed by atoms with Gasteiger partial charge in [0.2, 0.25) is 0 Å². The second-order valence-electron chi connectivity index (χ2n) is 13.4. The zero-order chi connectivity index (χ0) is 31.6. The highest BCUT2D eigenvalue weighted by Crippen LogP contribution is 2.63. The minimum Gasteiger partial charge on any atom is -0.464 e. The van der Waals surface area contributed by atoms with E-state index in [2.05, 4.69) is 156 Å². The van der Waals surface area contributed by atoms with Gasteiger partial charge in [-0.2, -0.15) is 0 Å². The summed E-state index contributed by atoms with van der Waals surface area (Å²) in [6.45, 7) is 3.01. The van der Waals surface area contributed by atoms with Crippen LogP contribution in [0.25, 0.3) is 72.0 Å². The largest absolute Gasteiger partial charge is 0.464 e. The van der Waals surface area contributed by atoms with Gasteiger partial charge in [0.25, 0.3) is 0 Å². The van der Waals surface area contributed by atoms with Crippen LogP contribution in [-0.2, 0) is 5.41 Å². The highest BCUT2D eigenvalue weighted by molar-refractivity contribution is 6.11. The maximum Gasteiger partial charge on any atom is 0.134 e. The van der Waals surface area contributed by atoms with Crippen molar-refractivity contribution in [3.8, 4) is 33.4 Å². The molecule has 2 aliphatic carbocycles. The van der Waals surface area contributed by atoms with Gasteiger partial charge in [-0.15, -0.1) is 0 Å². The van der Waals surface area contributed by atoms with E-state index in [4.69, 9.17) is 4.42 Å². The molecule has 3 heteroatoms. The molecular formula is C45H30N2O. The van der Waals surface area contributed by atoms with Crippen LogP contribution in [0.5, 0.6) is 0 Å². The smallest absolute Gasteiger partial charge is 0.134 e. The SMILES string of the molecule is CC1=C(n2c3ccccc3c3ccc(-c4ccc5c(c4)C4(c6ccccc6-c6ccccc64)c4cc6ccoc6cc4-5)cc32)NCC=C1. The van der Waals surface area contributed by atoms with Crippen molar-refractivity contribution in [1.29, 1.82) is 0 Å². The van der Waals surface area contributed by atoms with E-state index in [1.54, 1.807) is 6.26 Å². The first kappa shape index (κ1) is 26.1. The zero-order valence-corrected chi connectivity index (χ0v) is 26.4. The summed E-state index contributed by atoms with van der Waals surface area (Å²) in [6.07, 6.45) is 6.22. The minimum absolute atomic E-state index is 0.418. The lowest BCUT2D eigenvalue weighted by molar-refractivity contribution is 0.616. The van der Waals surface area contributed by atoms with E-state index < -0.39 is 5.41 Å². The van der Waals surface area contributed by atoms with Crippen molar-refractivity contribution in [3.05, 3.63) is 174 Å². The zero-order valence-electron chi connectivity index (χ0n) is 26.4. The average molecular weight is 615 g/mol. The molecule has 0 bridgehead atoms. The standard InChI is InChI=1S/C45H30N2O/c1-27-9-8-21-46-44(27)47-41-15-7-4-12-34(41)35-19-17-29(25-42(35)47)28-16-18-33-36-26-43-30(20-22-48-43)24-40(36)45(39(33)23-28)37-13-5-2-10-31(37)32-11-3-6-14-38(32)45/h2-20,22-26,46H,21H2,1H3. The molecule has 0 saturated carbocycles. The predicted molar refractivity (Wildman–Crippen MR) is 197 cm³/mol. The molecule has 0 unspecified atom stereocenters. The van der Waals surface area contributed by atoms with Crippen molar-refractivity contribution >= 4 is 38.6 Å². The summed E-state index contributed by atoms with van der Waals surface area (Å²) in [5, 5.41) is 7.33. The molecule has 1 N–H and O–H groups in total. The first-order chi connectivity index (χ1) is 23.7. The molecule has 226 valence electrons. The minimum atomic E-state index is -0.418. The fourth-order valence-electron chi connectivity index (χ4n) is 9.03. The Morgan fingerprint density at radius 2 is 1.29 bits per heavy atom. The molecule has 6 aromatic carbocycles. The normalized spacial score (nSPS) is 15.3. The van der Waals surface area contributed by atoms with E-state index in [1.165, 1.54) is 83.0 Å². The van der Waals surface area contributed by atoms with Crippen LogP contribution in [-0.4, -0.2) is 11.1 Å². The van der Waals surface area contributed by atoms with Crippen LogP contribution in [0.15, 0.2) is 156 Å². The molecule has 0 atom stereocenters. The Morgan fingerprint density at radius 1 is 0.604 bits per heavy atom. The second kappa shape index (κ2) is 9.27. The lowest BCUT2D eigenvalue weighted by Gasteiger charge is -2.30. The number of hydrogen-bond acceptors (Lipinski definition) is 2. The number of para-hydroxylation sites is 1. The Kier molecular flexibility index (Phi) is 5.03. The maximum atomic E-state index is 5.96. The summed E-state index contributed by atoms with van der Waals surface area (Å²) in [5.74, 6) is 1.15. The Hall–Kier alpha value is -6.06. The highest BCUT2D eigenvalue weighted by atomic mass is 16.3. The van der Waals surface area contributed by atoms with Crippen LogP contribution in [0.4, 0.5) is 0 Å². The molecule has 1 aliphatic heterocycles. The van der Waals surface area contributed by atoms with Gasteiger partial charge in [-0.3, -0.25) is 4.57 Å². The number of rotatable bonds is 2. The molecule has 0 radical (unpaired) electrons. The second-order valence-corrected chi connectivity index (χ2v) is 13.4. The Labute approximate surface area is 278 Å². The van der Waals surface area contributed by atoms with Gasteiger partial charge in [0.1, 0.15) is 11.4 Å². The maximum absolute atomic E-state index is 5.96.